The molecule has 0 radical (unpaired) electrons. The SMILES string of the molecule is CC1CCC(C(=O)O)CN1C(=O)C1CC1c1ccc(F)c(F)c1. The standard InChI is InChI=1S/C17H19F2NO3/c1-9-2-3-11(17(22)23)8-20(9)16(21)13-7-12(13)10-4-5-14(18)15(19)6-10/h4-6,9,11-13H,2-3,7-8H2,1H3,(H,22,23). The van der Waals surface area contributed by atoms with Crippen LogP contribution in [0.5, 0.6) is 0 Å². The Morgan fingerprint density at radius 2 is 1.96 bits per heavy atom. The number of carbonyl (C=O) groups excluding carboxylic acids is 1. The summed E-state index contributed by atoms with van der Waals surface area (Å²) in [6.45, 7) is 2.15. The van der Waals surface area contributed by atoms with Gasteiger partial charge >= 0.3 is 5.97 Å². The summed E-state index contributed by atoms with van der Waals surface area (Å²) in [6.07, 6.45) is 1.85. The molecule has 1 N–H and O–H groups in total. The Balaban J connectivity index is 1.69. The lowest BCUT2D eigenvalue weighted by atomic mass is 9.93. The molecular formula is C17H19F2NO3. The van der Waals surface area contributed by atoms with Gasteiger partial charge in [0.1, 0.15) is 0 Å². The minimum absolute atomic E-state index is 0.0179. The van der Waals surface area contributed by atoms with E-state index in [1.54, 1.807) is 4.90 Å². The summed E-state index contributed by atoms with van der Waals surface area (Å²) in [5.74, 6) is -3.62. The number of hydrogen-bond acceptors (Lipinski definition) is 2. The summed E-state index contributed by atoms with van der Waals surface area (Å²) >= 11 is 0. The molecule has 0 bridgehead atoms. The number of hydrogen-bond donors (Lipinski definition) is 1. The zero-order chi connectivity index (χ0) is 16.7. The Hall–Kier alpha value is -1.98. The molecule has 4 unspecified atom stereocenters. The van der Waals surface area contributed by atoms with E-state index in [0.717, 1.165) is 12.1 Å². The van der Waals surface area contributed by atoms with E-state index in [1.807, 2.05) is 6.92 Å². The van der Waals surface area contributed by atoms with Gasteiger partial charge in [-0.3, -0.25) is 9.59 Å². The smallest absolute Gasteiger partial charge is 0.308 e. The number of carbonyl (C=O) groups is 2. The summed E-state index contributed by atoms with van der Waals surface area (Å²) < 4.78 is 26.3. The molecule has 124 valence electrons. The van der Waals surface area contributed by atoms with Gasteiger partial charge in [-0.1, -0.05) is 6.07 Å². The maximum atomic E-state index is 13.3. The summed E-state index contributed by atoms with van der Waals surface area (Å²) in [6, 6.07) is 3.75. The van der Waals surface area contributed by atoms with Crippen molar-refractivity contribution in [2.24, 2.45) is 11.8 Å². The molecule has 0 spiro atoms. The first-order chi connectivity index (χ1) is 10.9. The van der Waals surface area contributed by atoms with Gasteiger partial charge in [0.05, 0.1) is 5.92 Å². The van der Waals surface area contributed by atoms with Crippen LogP contribution in [0, 0.1) is 23.5 Å². The molecule has 0 aromatic heterocycles. The quantitative estimate of drug-likeness (QED) is 0.930. The molecule has 1 aromatic carbocycles. The molecule has 2 fully saturated rings. The van der Waals surface area contributed by atoms with E-state index in [0.29, 0.717) is 24.8 Å². The first-order valence-corrected chi connectivity index (χ1v) is 7.86. The molecule has 1 amide bonds. The number of rotatable bonds is 3. The van der Waals surface area contributed by atoms with Gasteiger partial charge in [0.15, 0.2) is 11.6 Å². The molecule has 2 aliphatic rings. The second-order valence-corrected chi connectivity index (χ2v) is 6.57. The van der Waals surface area contributed by atoms with Crippen molar-refractivity contribution in [2.75, 3.05) is 6.54 Å². The molecule has 4 nitrogen and oxygen atoms in total. The van der Waals surface area contributed by atoms with E-state index in [1.165, 1.54) is 6.07 Å². The maximum Gasteiger partial charge on any atom is 0.308 e. The molecule has 1 aromatic rings. The zero-order valence-electron chi connectivity index (χ0n) is 12.8. The molecule has 1 saturated carbocycles. The molecule has 1 saturated heterocycles. The first kappa shape index (κ1) is 15.9. The predicted octanol–water partition coefficient (Wildman–Crippen LogP) is 2.78. The Bertz CT molecular complexity index is 649. The van der Waals surface area contributed by atoms with Crippen molar-refractivity contribution in [3.8, 4) is 0 Å². The second-order valence-electron chi connectivity index (χ2n) is 6.57. The van der Waals surface area contributed by atoms with Crippen LogP contribution in [-0.2, 0) is 9.59 Å². The molecule has 4 atom stereocenters. The highest BCUT2D eigenvalue weighted by atomic mass is 19.2. The highest BCUT2D eigenvalue weighted by molar-refractivity contribution is 5.84. The van der Waals surface area contributed by atoms with Crippen LogP contribution < -0.4 is 0 Å². The van der Waals surface area contributed by atoms with Crippen LogP contribution in [0.2, 0.25) is 0 Å². The molecule has 1 aliphatic carbocycles. The minimum atomic E-state index is -0.905. The van der Waals surface area contributed by atoms with Gasteiger partial charge < -0.3 is 10.0 Å². The third kappa shape index (κ3) is 3.07. The summed E-state index contributed by atoms with van der Waals surface area (Å²) in [5.41, 5.74) is 0.627. The van der Waals surface area contributed by atoms with Crippen molar-refractivity contribution >= 4 is 11.9 Å². The fraction of sp³-hybridized carbons (Fsp3) is 0.529. The van der Waals surface area contributed by atoms with Crippen molar-refractivity contribution in [1.29, 1.82) is 0 Å². The fourth-order valence-corrected chi connectivity index (χ4v) is 3.41. The van der Waals surface area contributed by atoms with Crippen LogP contribution in [0.15, 0.2) is 18.2 Å². The Labute approximate surface area is 133 Å². The third-order valence-corrected chi connectivity index (χ3v) is 4.99. The van der Waals surface area contributed by atoms with Gasteiger partial charge in [-0.25, -0.2) is 8.78 Å². The van der Waals surface area contributed by atoms with Gasteiger partial charge in [-0.2, -0.15) is 0 Å². The number of carboxylic acids is 1. The van der Waals surface area contributed by atoms with E-state index in [4.69, 9.17) is 5.11 Å². The highest BCUT2D eigenvalue weighted by Gasteiger charge is 2.48. The van der Waals surface area contributed by atoms with E-state index >= 15 is 0 Å². The van der Waals surface area contributed by atoms with Gasteiger partial charge in [0, 0.05) is 18.5 Å². The normalized spacial score (nSPS) is 30.1. The van der Waals surface area contributed by atoms with Crippen LogP contribution in [0.25, 0.3) is 0 Å². The first-order valence-electron chi connectivity index (χ1n) is 7.86. The topological polar surface area (TPSA) is 57.6 Å². The second kappa shape index (κ2) is 5.91. The van der Waals surface area contributed by atoms with Crippen LogP contribution in [0.3, 0.4) is 0 Å². The maximum absolute atomic E-state index is 13.3. The molecule has 1 aliphatic heterocycles. The fourth-order valence-electron chi connectivity index (χ4n) is 3.41. The number of halogens is 2. The van der Waals surface area contributed by atoms with Crippen LogP contribution >= 0.6 is 0 Å². The number of carboxylic acid groups (broad SMARTS) is 1. The van der Waals surface area contributed by atoms with Crippen molar-refractivity contribution in [3.05, 3.63) is 35.4 Å². The Morgan fingerprint density at radius 3 is 2.61 bits per heavy atom. The average Bonchev–Trinajstić information content (AvgIpc) is 3.30. The van der Waals surface area contributed by atoms with Crippen molar-refractivity contribution < 1.29 is 23.5 Å². The Kier molecular flexibility index (Phi) is 4.08. The van der Waals surface area contributed by atoms with E-state index in [-0.39, 0.29) is 30.3 Å². The molecule has 3 rings (SSSR count). The third-order valence-electron chi connectivity index (χ3n) is 4.99. The highest BCUT2D eigenvalue weighted by Crippen LogP contribution is 2.49. The lowest BCUT2D eigenvalue weighted by molar-refractivity contribution is -0.147. The summed E-state index contributed by atoms with van der Waals surface area (Å²) in [7, 11) is 0. The largest absolute Gasteiger partial charge is 0.481 e. The van der Waals surface area contributed by atoms with Gasteiger partial charge in [-0.05, 0) is 49.8 Å². The van der Waals surface area contributed by atoms with Gasteiger partial charge in [0.2, 0.25) is 5.91 Å². The number of nitrogens with zero attached hydrogens (tertiary/aromatic N) is 1. The van der Waals surface area contributed by atoms with Crippen molar-refractivity contribution in [3.63, 3.8) is 0 Å². The zero-order valence-corrected chi connectivity index (χ0v) is 12.8. The molecular weight excluding hydrogens is 304 g/mol. The van der Waals surface area contributed by atoms with E-state index in [9.17, 15) is 18.4 Å². The van der Waals surface area contributed by atoms with Crippen LogP contribution in [-0.4, -0.2) is 34.5 Å². The van der Waals surface area contributed by atoms with Gasteiger partial charge in [0.25, 0.3) is 0 Å². The summed E-state index contributed by atoms with van der Waals surface area (Å²) in [5, 5.41) is 9.15. The van der Waals surface area contributed by atoms with Crippen molar-refractivity contribution in [1.82, 2.24) is 4.90 Å². The van der Waals surface area contributed by atoms with Gasteiger partial charge in [-0.15, -0.1) is 0 Å². The molecule has 23 heavy (non-hydrogen) atoms. The number of aliphatic carboxylic acids is 1. The minimum Gasteiger partial charge on any atom is -0.481 e. The van der Waals surface area contributed by atoms with Crippen LogP contribution in [0.4, 0.5) is 8.78 Å². The lowest BCUT2D eigenvalue weighted by Crippen LogP contribution is -2.48. The van der Waals surface area contributed by atoms with Crippen molar-refractivity contribution in [2.45, 2.75) is 38.1 Å². The number of piperidine rings is 1. The molecule has 1 heterocycles. The number of amides is 1. The predicted molar refractivity (Wildman–Crippen MR) is 78.7 cm³/mol. The average molecular weight is 323 g/mol. The molecule has 6 heteroatoms. The Morgan fingerprint density at radius 1 is 1.22 bits per heavy atom. The lowest BCUT2D eigenvalue weighted by Gasteiger charge is -2.36. The number of likely N-dealkylation sites (tertiary alicyclic amines) is 1. The number of benzene rings is 1. The van der Waals surface area contributed by atoms with Crippen LogP contribution in [0.1, 0.15) is 37.7 Å². The monoisotopic (exact) mass is 323 g/mol. The summed E-state index contributed by atoms with van der Waals surface area (Å²) in [4.78, 5) is 25.4. The van der Waals surface area contributed by atoms with E-state index in [2.05, 4.69) is 0 Å². The van der Waals surface area contributed by atoms with E-state index < -0.39 is 23.5 Å².